The van der Waals surface area contributed by atoms with Gasteiger partial charge in [0.15, 0.2) is 5.16 Å². The SMILES string of the molecule is CCCc1nnc(SCC(=O)O)n1CCC(C)SC. The van der Waals surface area contributed by atoms with Crippen LogP contribution in [0.5, 0.6) is 0 Å². The number of nitrogens with zero attached hydrogens (tertiary/aromatic N) is 3. The lowest BCUT2D eigenvalue weighted by molar-refractivity contribution is -0.133. The summed E-state index contributed by atoms with van der Waals surface area (Å²) >= 11 is 3.08. The second-order valence-electron chi connectivity index (χ2n) is 4.32. The Kier molecular flexibility index (Phi) is 7.30. The van der Waals surface area contributed by atoms with E-state index in [4.69, 9.17) is 5.11 Å². The van der Waals surface area contributed by atoms with E-state index in [1.807, 2.05) is 11.8 Å². The molecule has 7 heteroatoms. The number of hydrogen-bond acceptors (Lipinski definition) is 5. The first-order valence-electron chi connectivity index (χ1n) is 6.37. The van der Waals surface area contributed by atoms with E-state index in [1.54, 1.807) is 0 Å². The van der Waals surface area contributed by atoms with Gasteiger partial charge in [-0.05, 0) is 19.1 Å². The van der Waals surface area contributed by atoms with Gasteiger partial charge in [0.05, 0.1) is 5.75 Å². The Balaban J connectivity index is 2.75. The first-order valence-corrected chi connectivity index (χ1v) is 8.65. The van der Waals surface area contributed by atoms with Gasteiger partial charge in [0.25, 0.3) is 0 Å². The molecule has 5 nitrogen and oxygen atoms in total. The number of rotatable bonds is 9. The van der Waals surface area contributed by atoms with Crippen molar-refractivity contribution in [2.24, 2.45) is 0 Å². The van der Waals surface area contributed by atoms with Gasteiger partial charge >= 0.3 is 5.97 Å². The van der Waals surface area contributed by atoms with Crippen LogP contribution in [0.1, 0.15) is 32.5 Å². The van der Waals surface area contributed by atoms with Crippen molar-refractivity contribution in [2.45, 2.75) is 50.1 Å². The summed E-state index contributed by atoms with van der Waals surface area (Å²) in [5.74, 6) is 0.167. The van der Waals surface area contributed by atoms with Crippen molar-refractivity contribution in [2.75, 3.05) is 12.0 Å². The van der Waals surface area contributed by atoms with E-state index in [-0.39, 0.29) is 5.75 Å². The van der Waals surface area contributed by atoms with E-state index in [2.05, 4.69) is 34.9 Å². The molecule has 0 bridgehead atoms. The van der Waals surface area contributed by atoms with E-state index in [0.717, 1.165) is 36.8 Å². The standard InChI is InChI=1S/C12H21N3O2S2/c1-4-5-10-13-14-12(19-8-11(16)17)15(10)7-6-9(2)18-3/h9H,4-8H2,1-3H3,(H,16,17). The molecular weight excluding hydrogens is 282 g/mol. The molecule has 0 aliphatic carbocycles. The second kappa shape index (κ2) is 8.47. The van der Waals surface area contributed by atoms with Crippen LogP contribution in [0.4, 0.5) is 0 Å². The molecule has 0 radical (unpaired) electrons. The lowest BCUT2D eigenvalue weighted by Crippen LogP contribution is -2.10. The van der Waals surface area contributed by atoms with Gasteiger partial charge in [-0.1, -0.05) is 25.6 Å². The summed E-state index contributed by atoms with van der Waals surface area (Å²) in [5.41, 5.74) is 0. The van der Waals surface area contributed by atoms with E-state index in [9.17, 15) is 4.79 Å². The highest BCUT2D eigenvalue weighted by atomic mass is 32.2. The summed E-state index contributed by atoms with van der Waals surface area (Å²) in [5, 5.41) is 18.3. The average Bonchev–Trinajstić information content (AvgIpc) is 2.76. The number of carboxylic acids is 1. The maximum absolute atomic E-state index is 10.6. The number of aliphatic carboxylic acids is 1. The Bertz CT molecular complexity index is 410. The lowest BCUT2D eigenvalue weighted by atomic mass is 10.3. The predicted molar refractivity (Wildman–Crippen MR) is 80.0 cm³/mol. The number of carboxylic acid groups (broad SMARTS) is 1. The highest BCUT2D eigenvalue weighted by Crippen LogP contribution is 2.20. The Morgan fingerprint density at radius 1 is 1.47 bits per heavy atom. The molecule has 1 unspecified atom stereocenters. The monoisotopic (exact) mass is 303 g/mol. The molecular formula is C12H21N3O2S2. The van der Waals surface area contributed by atoms with Crippen LogP contribution in [-0.2, 0) is 17.8 Å². The van der Waals surface area contributed by atoms with Crippen LogP contribution in [-0.4, -0.2) is 43.1 Å². The largest absolute Gasteiger partial charge is 0.481 e. The van der Waals surface area contributed by atoms with Crippen molar-refractivity contribution in [1.29, 1.82) is 0 Å². The van der Waals surface area contributed by atoms with Crippen molar-refractivity contribution in [3.8, 4) is 0 Å². The highest BCUT2D eigenvalue weighted by Gasteiger charge is 2.14. The van der Waals surface area contributed by atoms with E-state index < -0.39 is 5.97 Å². The molecule has 0 aromatic carbocycles. The van der Waals surface area contributed by atoms with E-state index in [1.165, 1.54) is 11.8 Å². The van der Waals surface area contributed by atoms with Crippen LogP contribution in [0.25, 0.3) is 0 Å². The normalized spacial score (nSPS) is 12.6. The fraction of sp³-hybridized carbons (Fsp3) is 0.750. The summed E-state index contributed by atoms with van der Waals surface area (Å²) in [7, 11) is 0. The molecule has 1 rings (SSSR count). The van der Waals surface area contributed by atoms with Crippen LogP contribution < -0.4 is 0 Å². The number of hydrogen-bond donors (Lipinski definition) is 1. The first-order chi connectivity index (χ1) is 9.08. The van der Waals surface area contributed by atoms with Crippen LogP contribution in [0.3, 0.4) is 0 Å². The average molecular weight is 303 g/mol. The summed E-state index contributed by atoms with van der Waals surface area (Å²) < 4.78 is 2.07. The minimum absolute atomic E-state index is 0.0301. The van der Waals surface area contributed by atoms with Gasteiger partial charge in [-0.2, -0.15) is 11.8 Å². The molecule has 0 saturated heterocycles. The molecule has 1 atom stereocenters. The highest BCUT2D eigenvalue weighted by molar-refractivity contribution is 7.99. The smallest absolute Gasteiger partial charge is 0.313 e. The summed E-state index contributed by atoms with van der Waals surface area (Å²) in [6.45, 7) is 5.15. The number of thioether (sulfide) groups is 2. The molecule has 19 heavy (non-hydrogen) atoms. The van der Waals surface area contributed by atoms with Crippen LogP contribution >= 0.6 is 23.5 Å². The second-order valence-corrected chi connectivity index (χ2v) is 6.54. The van der Waals surface area contributed by atoms with Crippen molar-refractivity contribution in [3.63, 3.8) is 0 Å². The van der Waals surface area contributed by atoms with Crippen LogP contribution in [0, 0.1) is 0 Å². The Labute approximate surface area is 122 Å². The topological polar surface area (TPSA) is 68.0 Å². The molecule has 1 aromatic rings. The van der Waals surface area contributed by atoms with Crippen molar-refractivity contribution in [3.05, 3.63) is 5.82 Å². The Hall–Kier alpha value is -0.690. The van der Waals surface area contributed by atoms with Crippen molar-refractivity contribution in [1.82, 2.24) is 14.8 Å². The Morgan fingerprint density at radius 2 is 2.21 bits per heavy atom. The van der Waals surface area contributed by atoms with Gasteiger partial charge in [-0.15, -0.1) is 10.2 Å². The van der Waals surface area contributed by atoms with E-state index >= 15 is 0 Å². The first kappa shape index (κ1) is 16.4. The van der Waals surface area contributed by atoms with Crippen LogP contribution in [0.15, 0.2) is 5.16 Å². The minimum Gasteiger partial charge on any atom is -0.481 e. The molecule has 0 saturated carbocycles. The van der Waals surface area contributed by atoms with Gasteiger partial charge in [0.2, 0.25) is 0 Å². The zero-order valence-electron chi connectivity index (χ0n) is 11.6. The molecule has 0 spiro atoms. The summed E-state index contributed by atoms with van der Waals surface area (Å²) in [6, 6.07) is 0. The third-order valence-electron chi connectivity index (χ3n) is 2.75. The van der Waals surface area contributed by atoms with Gasteiger partial charge < -0.3 is 9.67 Å². The molecule has 0 fully saturated rings. The molecule has 1 heterocycles. The van der Waals surface area contributed by atoms with Crippen molar-refractivity contribution < 1.29 is 9.90 Å². The van der Waals surface area contributed by atoms with Crippen LogP contribution in [0.2, 0.25) is 0 Å². The number of carbonyl (C=O) groups is 1. The molecule has 0 aliphatic heterocycles. The number of aromatic nitrogens is 3. The summed E-state index contributed by atoms with van der Waals surface area (Å²) in [6.07, 6.45) is 5.04. The Morgan fingerprint density at radius 3 is 2.79 bits per heavy atom. The van der Waals surface area contributed by atoms with Gasteiger partial charge in [0.1, 0.15) is 5.82 Å². The molecule has 0 aliphatic rings. The zero-order chi connectivity index (χ0) is 14.3. The minimum atomic E-state index is -0.825. The fourth-order valence-corrected chi connectivity index (χ4v) is 2.66. The molecule has 108 valence electrons. The number of aryl methyl sites for hydroxylation is 1. The van der Waals surface area contributed by atoms with Gasteiger partial charge in [-0.25, -0.2) is 0 Å². The van der Waals surface area contributed by atoms with E-state index in [0.29, 0.717) is 5.25 Å². The van der Waals surface area contributed by atoms with Gasteiger partial charge in [0, 0.05) is 18.2 Å². The predicted octanol–water partition coefficient (Wildman–Crippen LogP) is 2.55. The third kappa shape index (κ3) is 5.44. The zero-order valence-corrected chi connectivity index (χ0v) is 13.3. The van der Waals surface area contributed by atoms with Gasteiger partial charge in [-0.3, -0.25) is 4.79 Å². The molecule has 1 N–H and O–H groups in total. The molecule has 1 aromatic heterocycles. The lowest BCUT2D eigenvalue weighted by Gasteiger charge is -2.12. The van der Waals surface area contributed by atoms with Crippen molar-refractivity contribution >= 4 is 29.5 Å². The fourth-order valence-electron chi connectivity index (χ4n) is 1.61. The summed E-state index contributed by atoms with van der Waals surface area (Å²) in [4.78, 5) is 10.6. The quantitative estimate of drug-likeness (QED) is 0.707. The third-order valence-corrected chi connectivity index (χ3v) is 4.75. The maximum Gasteiger partial charge on any atom is 0.313 e. The maximum atomic E-state index is 10.6. The molecule has 0 amide bonds.